The van der Waals surface area contributed by atoms with Gasteiger partial charge in [0.05, 0.1) is 13.2 Å². The highest BCUT2D eigenvalue weighted by molar-refractivity contribution is 5.31. The minimum Gasteiger partial charge on any atom is -0.491 e. The fraction of sp³-hybridized carbons (Fsp3) is 0.217. The van der Waals surface area contributed by atoms with E-state index in [9.17, 15) is 0 Å². The standard InChI is InChI=1S/C23H24O3/c1-19-7-9-21(10-8-19)17-24-15-16-25-22-11-13-23(14-12-22)26-18-20-5-3-2-4-6-20/h2-14H,15-18H2,1H3. The van der Waals surface area contributed by atoms with Crippen LogP contribution in [0.3, 0.4) is 0 Å². The molecule has 0 saturated carbocycles. The Morgan fingerprint density at radius 2 is 1.19 bits per heavy atom. The lowest BCUT2D eigenvalue weighted by atomic mass is 10.2. The summed E-state index contributed by atoms with van der Waals surface area (Å²) < 4.78 is 17.1. The van der Waals surface area contributed by atoms with Gasteiger partial charge >= 0.3 is 0 Å². The zero-order chi connectivity index (χ0) is 18.0. The smallest absolute Gasteiger partial charge is 0.120 e. The number of aryl methyl sites for hydroxylation is 1. The van der Waals surface area contributed by atoms with E-state index in [0.717, 1.165) is 17.1 Å². The van der Waals surface area contributed by atoms with Crippen molar-refractivity contribution in [3.05, 3.63) is 95.6 Å². The third kappa shape index (κ3) is 5.94. The molecule has 0 bridgehead atoms. The van der Waals surface area contributed by atoms with Crippen LogP contribution in [0, 0.1) is 6.92 Å². The Bertz CT molecular complexity index is 765. The van der Waals surface area contributed by atoms with Crippen molar-refractivity contribution in [2.45, 2.75) is 20.1 Å². The third-order valence-electron chi connectivity index (χ3n) is 3.96. The second-order valence-corrected chi connectivity index (χ2v) is 6.13. The molecule has 3 rings (SSSR count). The summed E-state index contributed by atoms with van der Waals surface area (Å²) in [6.07, 6.45) is 0. The normalized spacial score (nSPS) is 10.5. The Morgan fingerprint density at radius 1 is 0.577 bits per heavy atom. The van der Waals surface area contributed by atoms with Gasteiger partial charge in [-0.25, -0.2) is 0 Å². The largest absolute Gasteiger partial charge is 0.491 e. The number of hydrogen-bond acceptors (Lipinski definition) is 3. The van der Waals surface area contributed by atoms with Gasteiger partial charge < -0.3 is 14.2 Å². The topological polar surface area (TPSA) is 27.7 Å². The van der Waals surface area contributed by atoms with Crippen LogP contribution in [0.2, 0.25) is 0 Å². The van der Waals surface area contributed by atoms with Gasteiger partial charge in [0.1, 0.15) is 24.7 Å². The molecule has 0 radical (unpaired) electrons. The Balaban J connectivity index is 1.34. The van der Waals surface area contributed by atoms with Crippen LogP contribution in [0.4, 0.5) is 0 Å². The minimum absolute atomic E-state index is 0.524. The molecule has 26 heavy (non-hydrogen) atoms. The highest BCUT2D eigenvalue weighted by Crippen LogP contribution is 2.18. The fourth-order valence-corrected chi connectivity index (χ4v) is 2.47. The van der Waals surface area contributed by atoms with Crippen LogP contribution in [-0.4, -0.2) is 13.2 Å². The average molecular weight is 348 g/mol. The zero-order valence-corrected chi connectivity index (χ0v) is 15.1. The molecule has 0 N–H and O–H groups in total. The van der Waals surface area contributed by atoms with E-state index in [2.05, 4.69) is 31.2 Å². The lowest BCUT2D eigenvalue weighted by Crippen LogP contribution is -2.06. The highest BCUT2D eigenvalue weighted by Gasteiger charge is 1.99. The van der Waals surface area contributed by atoms with Gasteiger partial charge in [-0.3, -0.25) is 0 Å². The molecule has 0 saturated heterocycles. The maximum absolute atomic E-state index is 5.77. The summed E-state index contributed by atoms with van der Waals surface area (Å²) in [6.45, 7) is 4.33. The molecule has 134 valence electrons. The second kappa shape index (κ2) is 9.64. The summed E-state index contributed by atoms with van der Waals surface area (Å²) in [6, 6.07) is 26.2. The van der Waals surface area contributed by atoms with Gasteiger partial charge in [0, 0.05) is 0 Å². The van der Waals surface area contributed by atoms with E-state index in [0.29, 0.717) is 26.4 Å². The summed E-state index contributed by atoms with van der Waals surface area (Å²) in [7, 11) is 0. The Hall–Kier alpha value is -2.78. The molecule has 0 atom stereocenters. The fourth-order valence-electron chi connectivity index (χ4n) is 2.47. The number of ether oxygens (including phenoxy) is 3. The molecule has 0 heterocycles. The first-order valence-corrected chi connectivity index (χ1v) is 8.82. The van der Waals surface area contributed by atoms with Gasteiger partial charge in [-0.15, -0.1) is 0 Å². The SMILES string of the molecule is Cc1ccc(COCCOc2ccc(OCc3ccccc3)cc2)cc1. The van der Waals surface area contributed by atoms with Crippen LogP contribution in [0.5, 0.6) is 11.5 Å². The third-order valence-corrected chi connectivity index (χ3v) is 3.96. The Labute approximate surface area is 155 Å². The minimum atomic E-state index is 0.524. The first-order valence-electron chi connectivity index (χ1n) is 8.82. The lowest BCUT2D eigenvalue weighted by molar-refractivity contribution is 0.0889. The van der Waals surface area contributed by atoms with E-state index in [4.69, 9.17) is 14.2 Å². The first kappa shape index (κ1) is 18.0. The quantitative estimate of drug-likeness (QED) is 0.499. The molecule has 3 aromatic carbocycles. The van der Waals surface area contributed by atoms with Gasteiger partial charge in [-0.1, -0.05) is 60.2 Å². The molecule has 0 spiro atoms. The second-order valence-electron chi connectivity index (χ2n) is 6.13. The van der Waals surface area contributed by atoms with E-state index >= 15 is 0 Å². The monoisotopic (exact) mass is 348 g/mol. The van der Waals surface area contributed by atoms with Crippen molar-refractivity contribution < 1.29 is 14.2 Å². The number of benzene rings is 3. The molecule has 3 heteroatoms. The molecule has 0 aromatic heterocycles. The van der Waals surface area contributed by atoms with Crippen LogP contribution in [-0.2, 0) is 18.0 Å². The average Bonchev–Trinajstić information content (AvgIpc) is 2.69. The van der Waals surface area contributed by atoms with Crippen molar-refractivity contribution in [3.8, 4) is 11.5 Å². The Kier molecular flexibility index (Phi) is 6.68. The van der Waals surface area contributed by atoms with E-state index in [1.807, 2.05) is 54.6 Å². The summed E-state index contributed by atoms with van der Waals surface area (Å²) in [5, 5.41) is 0. The van der Waals surface area contributed by atoms with Crippen molar-refractivity contribution in [3.63, 3.8) is 0 Å². The van der Waals surface area contributed by atoms with Crippen molar-refractivity contribution in [2.24, 2.45) is 0 Å². The molecule has 3 aromatic rings. The van der Waals surface area contributed by atoms with Crippen molar-refractivity contribution in [1.82, 2.24) is 0 Å². The number of rotatable bonds is 9. The lowest BCUT2D eigenvalue weighted by Gasteiger charge is -2.09. The van der Waals surface area contributed by atoms with Gasteiger partial charge in [0.25, 0.3) is 0 Å². The Morgan fingerprint density at radius 3 is 1.88 bits per heavy atom. The highest BCUT2D eigenvalue weighted by atomic mass is 16.5. The van der Waals surface area contributed by atoms with Crippen LogP contribution < -0.4 is 9.47 Å². The van der Waals surface area contributed by atoms with Crippen molar-refractivity contribution in [2.75, 3.05) is 13.2 Å². The van der Waals surface area contributed by atoms with E-state index in [1.165, 1.54) is 11.1 Å². The molecular formula is C23H24O3. The maximum Gasteiger partial charge on any atom is 0.120 e. The first-order chi connectivity index (χ1) is 12.8. The van der Waals surface area contributed by atoms with E-state index in [-0.39, 0.29) is 0 Å². The summed E-state index contributed by atoms with van der Waals surface area (Å²) in [5.74, 6) is 1.65. The van der Waals surface area contributed by atoms with Gasteiger partial charge in [-0.2, -0.15) is 0 Å². The van der Waals surface area contributed by atoms with Crippen molar-refractivity contribution in [1.29, 1.82) is 0 Å². The van der Waals surface area contributed by atoms with Gasteiger partial charge in [-0.05, 0) is 42.3 Å². The molecule has 0 unspecified atom stereocenters. The maximum atomic E-state index is 5.77. The van der Waals surface area contributed by atoms with Crippen LogP contribution in [0.15, 0.2) is 78.9 Å². The van der Waals surface area contributed by atoms with Crippen LogP contribution >= 0.6 is 0 Å². The summed E-state index contributed by atoms with van der Waals surface area (Å²) in [5.41, 5.74) is 3.59. The molecule has 0 amide bonds. The van der Waals surface area contributed by atoms with Gasteiger partial charge in [0.2, 0.25) is 0 Å². The van der Waals surface area contributed by atoms with Crippen LogP contribution in [0.25, 0.3) is 0 Å². The van der Waals surface area contributed by atoms with E-state index in [1.54, 1.807) is 0 Å². The molecule has 0 aliphatic heterocycles. The zero-order valence-electron chi connectivity index (χ0n) is 15.1. The van der Waals surface area contributed by atoms with Gasteiger partial charge in [0.15, 0.2) is 0 Å². The predicted molar refractivity (Wildman–Crippen MR) is 104 cm³/mol. The summed E-state index contributed by atoms with van der Waals surface area (Å²) >= 11 is 0. The summed E-state index contributed by atoms with van der Waals surface area (Å²) in [4.78, 5) is 0. The molecule has 3 nitrogen and oxygen atoms in total. The van der Waals surface area contributed by atoms with Crippen molar-refractivity contribution >= 4 is 0 Å². The number of hydrogen-bond donors (Lipinski definition) is 0. The molecule has 0 aliphatic rings. The predicted octanol–water partition coefficient (Wildman–Crippen LogP) is 5.17. The van der Waals surface area contributed by atoms with E-state index < -0.39 is 0 Å². The molecular weight excluding hydrogens is 324 g/mol. The molecule has 0 aliphatic carbocycles. The molecule has 0 fully saturated rings. The van der Waals surface area contributed by atoms with Crippen LogP contribution in [0.1, 0.15) is 16.7 Å².